The van der Waals surface area contributed by atoms with Crippen molar-refractivity contribution in [3.63, 3.8) is 0 Å². The molecule has 0 radical (unpaired) electrons. The number of fused-ring (bicyclic) bond motifs is 1. The van der Waals surface area contributed by atoms with Gasteiger partial charge >= 0.3 is 0 Å². The van der Waals surface area contributed by atoms with Gasteiger partial charge in [0.1, 0.15) is 5.78 Å². The Kier molecular flexibility index (Phi) is 3.07. The number of Topliss-reactive ketones (excluding diaryl/α,β-unsaturated/α-hetero) is 1. The van der Waals surface area contributed by atoms with E-state index in [1.165, 1.54) is 6.07 Å². The second kappa shape index (κ2) is 4.80. The number of halogens is 2. The van der Waals surface area contributed by atoms with Gasteiger partial charge in [-0.2, -0.15) is 0 Å². The zero-order valence-electron chi connectivity index (χ0n) is 12.1. The number of sulfone groups is 1. The Morgan fingerprint density at radius 3 is 2.57 bits per heavy atom. The second-order valence-corrected chi connectivity index (χ2v) is 8.16. The minimum Gasteiger partial charge on any atom is -0.299 e. The molecule has 3 aliphatic rings. The molecule has 0 bridgehead atoms. The van der Waals surface area contributed by atoms with Crippen LogP contribution in [0.15, 0.2) is 33.8 Å². The molecule has 7 heteroatoms. The maximum atomic E-state index is 13.7. The molecule has 2 aliphatic heterocycles. The molecule has 1 aromatic carbocycles. The smallest absolute Gasteiger partial charge is 0.177 e. The topological polar surface area (TPSA) is 63.6 Å². The summed E-state index contributed by atoms with van der Waals surface area (Å²) >= 11 is 0. The number of aliphatic imine (C=N–C) groups is 1. The van der Waals surface area contributed by atoms with Gasteiger partial charge in [-0.1, -0.05) is 6.07 Å². The predicted octanol–water partition coefficient (Wildman–Crippen LogP) is 2.51. The van der Waals surface area contributed by atoms with Crippen molar-refractivity contribution in [3.8, 4) is 0 Å². The molecular weight excluding hydrogens is 324 g/mol. The number of hydrogen-bond acceptors (Lipinski definition) is 4. The standard InChI is InChI=1S/C16H13F2NO3S/c17-9-2-1-8(7-10(9)18)14-15-11(3-4-13(15)20)19-12-5-6-23(21,22)16(12)14/h1-2,7,14-15H,3-6H2. The average Bonchev–Trinajstić information content (AvgIpc) is 3.01. The quantitative estimate of drug-likeness (QED) is 0.791. The van der Waals surface area contributed by atoms with Crippen LogP contribution in [0.1, 0.15) is 30.7 Å². The summed E-state index contributed by atoms with van der Waals surface area (Å²) in [6.07, 6.45) is 1.12. The van der Waals surface area contributed by atoms with E-state index in [4.69, 9.17) is 0 Å². The molecule has 4 nitrogen and oxygen atoms in total. The molecule has 1 aliphatic carbocycles. The third kappa shape index (κ3) is 2.09. The van der Waals surface area contributed by atoms with Gasteiger partial charge in [0.05, 0.1) is 22.3 Å². The van der Waals surface area contributed by atoms with Crippen molar-refractivity contribution in [2.45, 2.75) is 25.2 Å². The number of carbonyl (C=O) groups is 1. The molecule has 0 amide bonds. The van der Waals surface area contributed by atoms with Crippen molar-refractivity contribution < 1.29 is 22.0 Å². The highest BCUT2D eigenvalue weighted by atomic mass is 32.2. The van der Waals surface area contributed by atoms with E-state index in [1.54, 1.807) is 0 Å². The van der Waals surface area contributed by atoms with Crippen molar-refractivity contribution in [1.29, 1.82) is 0 Å². The summed E-state index contributed by atoms with van der Waals surface area (Å²) in [5, 5.41) is 0. The first kappa shape index (κ1) is 14.7. The number of rotatable bonds is 1. The minimum absolute atomic E-state index is 0.0461. The number of allylic oxidation sites excluding steroid dienone is 2. The van der Waals surface area contributed by atoms with Crippen LogP contribution in [0.25, 0.3) is 0 Å². The lowest BCUT2D eigenvalue weighted by atomic mass is 9.80. The molecule has 0 N–H and O–H groups in total. The first-order valence-corrected chi connectivity index (χ1v) is 9.04. The van der Waals surface area contributed by atoms with Crippen LogP contribution in [0.4, 0.5) is 8.78 Å². The zero-order valence-corrected chi connectivity index (χ0v) is 12.9. The van der Waals surface area contributed by atoms with Crippen LogP contribution < -0.4 is 0 Å². The minimum atomic E-state index is -3.53. The molecule has 120 valence electrons. The monoisotopic (exact) mass is 337 g/mol. The maximum absolute atomic E-state index is 13.7. The summed E-state index contributed by atoms with van der Waals surface area (Å²) in [6.45, 7) is 0. The van der Waals surface area contributed by atoms with Crippen LogP contribution in [0.2, 0.25) is 0 Å². The van der Waals surface area contributed by atoms with Gasteiger partial charge in [-0.25, -0.2) is 17.2 Å². The van der Waals surface area contributed by atoms with Gasteiger partial charge in [-0.3, -0.25) is 9.79 Å². The number of nitrogens with zero attached hydrogens (tertiary/aromatic N) is 1. The van der Waals surface area contributed by atoms with Crippen molar-refractivity contribution >= 4 is 21.3 Å². The SMILES string of the molecule is O=C1CCC2=NC3=C(C(c4ccc(F)c(F)c4)C12)S(=O)(=O)CC3. The molecule has 23 heavy (non-hydrogen) atoms. The largest absolute Gasteiger partial charge is 0.299 e. The molecule has 2 atom stereocenters. The summed E-state index contributed by atoms with van der Waals surface area (Å²) < 4.78 is 51.7. The van der Waals surface area contributed by atoms with Crippen molar-refractivity contribution in [2.24, 2.45) is 10.9 Å². The fourth-order valence-electron chi connectivity index (χ4n) is 3.75. The van der Waals surface area contributed by atoms with E-state index in [-0.39, 0.29) is 16.4 Å². The lowest BCUT2D eigenvalue weighted by Crippen LogP contribution is -2.30. The number of hydrogen-bond donors (Lipinski definition) is 0. The molecule has 1 aromatic rings. The van der Waals surface area contributed by atoms with Gasteiger partial charge in [-0.05, 0) is 24.1 Å². The highest BCUT2D eigenvalue weighted by molar-refractivity contribution is 7.95. The van der Waals surface area contributed by atoms with Crippen LogP contribution in [0, 0.1) is 17.6 Å². The van der Waals surface area contributed by atoms with Gasteiger partial charge in [0.25, 0.3) is 0 Å². The van der Waals surface area contributed by atoms with Crippen molar-refractivity contribution in [2.75, 3.05) is 5.75 Å². The second-order valence-electron chi connectivity index (χ2n) is 6.08. The maximum Gasteiger partial charge on any atom is 0.177 e. The van der Waals surface area contributed by atoms with Crippen LogP contribution in [-0.4, -0.2) is 25.7 Å². The summed E-state index contributed by atoms with van der Waals surface area (Å²) in [5.74, 6) is -3.64. The molecule has 0 spiro atoms. The van der Waals surface area contributed by atoms with Gasteiger partial charge in [-0.15, -0.1) is 0 Å². The van der Waals surface area contributed by atoms with Gasteiger partial charge in [0, 0.05) is 24.5 Å². The lowest BCUT2D eigenvalue weighted by Gasteiger charge is -2.28. The van der Waals surface area contributed by atoms with Crippen LogP contribution in [0.3, 0.4) is 0 Å². The highest BCUT2D eigenvalue weighted by Crippen LogP contribution is 2.48. The Labute approximate surface area is 131 Å². The molecule has 0 saturated heterocycles. The van der Waals surface area contributed by atoms with Crippen LogP contribution in [0.5, 0.6) is 0 Å². The van der Waals surface area contributed by atoms with Crippen LogP contribution in [-0.2, 0) is 14.6 Å². The number of benzene rings is 1. The number of ketones is 1. The van der Waals surface area contributed by atoms with Crippen molar-refractivity contribution in [1.82, 2.24) is 0 Å². The summed E-state index contributed by atoms with van der Waals surface area (Å²) in [6, 6.07) is 3.32. The van der Waals surface area contributed by atoms with E-state index in [1.807, 2.05) is 0 Å². The Hall–Kier alpha value is -1.89. The molecule has 1 saturated carbocycles. The Balaban J connectivity index is 1.95. The molecular formula is C16H13F2NO3S. The van der Waals surface area contributed by atoms with E-state index < -0.39 is 33.3 Å². The molecule has 2 unspecified atom stereocenters. The third-order valence-corrected chi connectivity index (χ3v) is 6.66. The van der Waals surface area contributed by atoms with Gasteiger partial charge in [0.15, 0.2) is 21.5 Å². The summed E-state index contributed by atoms with van der Waals surface area (Å²) in [4.78, 5) is 16.8. The van der Waals surface area contributed by atoms with Gasteiger partial charge < -0.3 is 0 Å². The fraction of sp³-hybridized carbons (Fsp3) is 0.375. The Bertz CT molecular complexity index is 902. The average molecular weight is 337 g/mol. The Morgan fingerprint density at radius 2 is 1.83 bits per heavy atom. The molecule has 4 rings (SSSR count). The van der Waals surface area contributed by atoms with E-state index in [9.17, 15) is 22.0 Å². The van der Waals surface area contributed by atoms with Gasteiger partial charge in [0.2, 0.25) is 0 Å². The lowest BCUT2D eigenvalue weighted by molar-refractivity contribution is -0.120. The predicted molar refractivity (Wildman–Crippen MR) is 79.7 cm³/mol. The number of carbonyl (C=O) groups excluding carboxylic acids is 1. The van der Waals surface area contributed by atoms with E-state index in [2.05, 4.69) is 4.99 Å². The first-order chi connectivity index (χ1) is 10.9. The fourth-order valence-corrected chi connectivity index (χ4v) is 5.60. The normalized spacial score (nSPS) is 28.6. The van der Waals surface area contributed by atoms with Crippen LogP contribution >= 0.6 is 0 Å². The molecule has 2 heterocycles. The third-order valence-electron chi connectivity index (χ3n) is 4.76. The van der Waals surface area contributed by atoms with E-state index in [0.717, 1.165) is 12.1 Å². The highest BCUT2D eigenvalue weighted by Gasteiger charge is 2.49. The summed E-state index contributed by atoms with van der Waals surface area (Å²) in [5.41, 5.74) is 1.45. The molecule has 0 aromatic heterocycles. The summed E-state index contributed by atoms with van der Waals surface area (Å²) in [7, 11) is -3.53. The van der Waals surface area contributed by atoms with Crippen molar-refractivity contribution in [3.05, 3.63) is 46.0 Å². The molecule has 1 fully saturated rings. The van der Waals surface area contributed by atoms with E-state index in [0.29, 0.717) is 36.2 Å². The zero-order chi connectivity index (χ0) is 16.4. The van der Waals surface area contributed by atoms with E-state index >= 15 is 0 Å². The Morgan fingerprint density at radius 1 is 1.04 bits per heavy atom. The first-order valence-electron chi connectivity index (χ1n) is 7.39.